The van der Waals surface area contributed by atoms with Gasteiger partial charge in [0.1, 0.15) is 18.4 Å². The van der Waals surface area contributed by atoms with E-state index in [2.05, 4.69) is 25.3 Å². The minimum atomic E-state index is -0.0293. The smallest absolute Gasteiger partial charge is 0.228 e. The Kier molecular flexibility index (Phi) is 4.59. The van der Waals surface area contributed by atoms with Gasteiger partial charge in [0.25, 0.3) is 0 Å². The van der Waals surface area contributed by atoms with Gasteiger partial charge in [0.15, 0.2) is 5.82 Å². The van der Waals surface area contributed by atoms with Gasteiger partial charge in [-0.2, -0.15) is 0 Å². The highest BCUT2D eigenvalue weighted by atomic mass is 16.5. The van der Waals surface area contributed by atoms with Gasteiger partial charge in [-0.15, -0.1) is 0 Å². The van der Waals surface area contributed by atoms with Crippen LogP contribution < -0.4 is 10.2 Å². The van der Waals surface area contributed by atoms with Crippen LogP contribution in [0.25, 0.3) is 11.3 Å². The Morgan fingerprint density at radius 1 is 1.12 bits per heavy atom. The van der Waals surface area contributed by atoms with E-state index in [1.165, 1.54) is 6.26 Å². The second-order valence-electron chi connectivity index (χ2n) is 6.26. The van der Waals surface area contributed by atoms with E-state index in [9.17, 15) is 4.79 Å². The van der Waals surface area contributed by atoms with Gasteiger partial charge < -0.3 is 14.7 Å². The van der Waals surface area contributed by atoms with Gasteiger partial charge in [0.05, 0.1) is 5.69 Å². The predicted octanol–water partition coefficient (Wildman–Crippen LogP) is 2.99. The number of hydrogen-bond acceptors (Lipinski definition) is 6. The van der Waals surface area contributed by atoms with Crippen LogP contribution in [0.4, 0.5) is 11.6 Å². The molecule has 3 aromatic rings. The lowest BCUT2D eigenvalue weighted by Crippen LogP contribution is -2.38. The summed E-state index contributed by atoms with van der Waals surface area (Å²) >= 11 is 0. The zero-order valence-electron chi connectivity index (χ0n) is 14.2. The Morgan fingerprint density at radius 2 is 1.92 bits per heavy atom. The molecule has 0 bridgehead atoms. The van der Waals surface area contributed by atoms with Crippen molar-refractivity contribution in [3.63, 3.8) is 0 Å². The summed E-state index contributed by atoms with van der Waals surface area (Å²) in [4.78, 5) is 23.3. The van der Waals surface area contributed by atoms with E-state index in [0.29, 0.717) is 5.82 Å². The number of hydrogen-bond donors (Lipinski definition) is 1. The average molecular weight is 349 g/mol. The summed E-state index contributed by atoms with van der Waals surface area (Å²) in [5.41, 5.74) is 1.97. The van der Waals surface area contributed by atoms with Gasteiger partial charge >= 0.3 is 0 Å². The van der Waals surface area contributed by atoms with Crippen molar-refractivity contribution in [1.29, 1.82) is 0 Å². The number of rotatable bonds is 4. The van der Waals surface area contributed by atoms with Crippen molar-refractivity contribution in [3.05, 3.63) is 55.1 Å². The molecule has 3 heterocycles. The topological polar surface area (TPSA) is 84.2 Å². The number of anilines is 2. The van der Waals surface area contributed by atoms with Gasteiger partial charge in [-0.05, 0) is 12.8 Å². The summed E-state index contributed by atoms with van der Waals surface area (Å²) < 4.78 is 4.74. The predicted molar refractivity (Wildman–Crippen MR) is 97.5 cm³/mol. The van der Waals surface area contributed by atoms with E-state index in [0.717, 1.165) is 43.0 Å². The zero-order chi connectivity index (χ0) is 17.8. The third kappa shape index (κ3) is 3.56. The molecule has 0 saturated carbocycles. The van der Waals surface area contributed by atoms with Crippen LogP contribution in [0.5, 0.6) is 0 Å². The zero-order valence-corrected chi connectivity index (χ0v) is 14.2. The molecule has 132 valence electrons. The number of amides is 1. The maximum Gasteiger partial charge on any atom is 0.228 e. The summed E-state index contributed by atoms with van der Waals surface area (Å²) in [6.07, 6.45) is 4.58. The summed E-state index contributed by atoms with van der Waals surface area (Å²) in [6, 6.07) is 13.7. The lowest BCUT2D eigenvalue weighted by Gasteiger charge is -2.32. The monoisotopic (exact) mass is 349 g/mol. The maximum atomic E-state index is 12.3. The first-order valence-electron chi connectivity index (χ1n) is 8.63. The summed E-state index contributed by atoms with van der Waals surface area (Å²) in [6.45, 7) is 1.56. The minimum absolute atomic E-state index is 0.00814. The highest BCUT2D eigenvalue weighted by Crippen LogP contribution is 2.25. The molecule has 1 saturated heterocycles. The third-order valence-corrected chi connectivity index (χ3v) is 4.60. The van der Waals surface area contributed by atoms with Crippen LogP contribution in [0.15, 0.2) is 59.6 Å². The fourth-order valence-electron chi connectivity index (χ4n) is 3.16. The lowest BCUT2D eigenvalue weighted by atomic mass is 9.96. The van der Waals surface area contributed by atoms with Crippen molar-refractivity contribution in [3.8, 4) is 11.3 Å². The van der Waals surface area contributed by atoms with Crippen LogP contribution in [0.3, 0.4) is 0 Å². The Balaban J connectivity index is 1.40. The summed E-state index contributed by atoms with van der Waals surface area (Å²) in [7, 11) is 0. The first kappa shape index (κ1) is 16.3. The second-order valence-corrected chi connectivity index (χ2v) is 6.26. The summed E-state index contributed by atoms with van der Waals surface area (Å²) in [5, 5.41) is 6.51. The molecule has 7 heteroatoms. The minimum Gasteiger partial charge on any atom is -0.363 e. The van der Waals surface area contributed by atoms with E-state index in [4.69, 9.17) is 4.52 Å². The van der Waals surface area contributed by atoms with E-state index in [-0.39, 0.29) is 11.8 Å². The maximum absolute atomic E-state index is 12.3. The molecule has 0 aliphatic carbocycles. The first-order valence-corrected chi connectivity index (χ1v) is 8.63. The van der Waals surface area contributed by atoms with Crippen molar-refractivity contribution in [2.45, 2.75) is 12.8 Å². The Labute approximate surface area is 151 Å². The van der Waals surface area contributed by atoms with Crippen LogP contribution in [0, 0.1) is 5.92 Å². The number of aromatic nitrogens is 3. The van der Waals surface area contributed by atoms with Crippen molar-refractivity contribution >= 4 is 17.5 Å². The van der Waals surface area contributed by atoms with Gasteiger partial charge in [-0.25, -0.2) is 9.97 Å². The largest absolute Gasteiger partial charge is 0.363 e. The number of carbonyl (C=O) groups is 1. The Bertz CT molecular complexity index is 859. The number of nitrogens with zero attached hydrogens (tertiary/aromatic N) is 4. The molecular weight excluding hydrogens is 330 g/mol. The third-order valence-electron chi connectivity index (χ3n) is 4.60. The first-order chi connectivity index (χ1) is 12.8. The van der Waals surface area contributed by atoms with E-state index < -0.39 is 0 Å². The highest BCUT2D eigenvalue weighted by molar-refractivity contribution is 5.91. The molecule has 1 aromatic carbocycles. The fourth-order valence-corrected chi connectivity index (χ4v) is 3.16. The van der Waals surface area contributed by atoms with E-state index >= 15 is 0 Å². The van der Waals surface area contributed by atoms with Gasteiger partial charge in [-0.3, -0.25) is 4.79 Å². The molecule has 0 radical (unpaired) electrons. The summed E-state index contributed by atoms with van der Waals surface area (Å²) in [5.74, 6) is 1.32. The molecule has 0 unspecified atom stereocenters. The normalized spacial score (nSPS) is 15.0. The standard InChI is InChI=1S/C19H19N5O2/c25-19(22-17-8-11-26-23-17)15-6-9-24(10-7-15)18-12-16(20-13-21-18)14-4-2-1-3-5-14/h1-5,8,11-13,15H,6-7,9-10H2,(H,22,23,25). The van der Waals surface area contributed by atoms with Crippen LogP contribution >= 0.6 is 0 Å². The van der Waals surface area contributed by atoms with Crippen LogP contribution in [0.1, 0.15) is 12.8 Å². The number of nitrogens with one attached hydrogen (secondary N) is 1. The lowest BCUT2D eigenvalue weighted by molar-refractivity contribution is -0.120. The Morgan fingerprint density at radius 3 is 2.65 bits per heavy atom. The molecule has 1 aliphatic heterocycles. The highest BCUT2D eigenvalue weighted by Gasteiger charge is 2.26. The SMILES string of the molecule is O=C(Nc1ccon1)C1CCN(c2cc(-c3ccccc3)ncn2)CC1. The molecule has 0 atom stereocenters. The quantitative estimate of drug-likeness (QED) is 0.779. The molecular formula is C19H19N5O2. The van der Waals surface area contributed by atoms with Gasteiger partial charge in [-0.1, -0.05) is 35.5 Å². The molecule has 7 nitrogen and oxygen atoms in total. The molecule has 26 heavy (non-hydrogen) atoms. The molecule has 4 rings (SSSR count). The van der Waals surface area contributed by atoms with E-state index in [1.807, 2.05) is 36.4 Å². The molecule has 1 fully saturated rings. The molecule has 0 spiro atoms. The van der Waals surface area contributed by atoms with Crippen LogP contribution in [-0.2, 0) is 4.79 Å². The molecule has 1 amide bonds. The van der Waals surface area contributed by atoms with Gasteiger partial charge in [0.2, 0.25) is 5.91 Å². The Hall–Kier alpha value is -3.22. The molecule has 1 aliphatic rings. The van der Waals surface area contributed by atoms with Crippen molar-refractivity contribution in [2.75, 3.05) is 23.3 Å². The van der Waals surface area contributed by atoms with Crippen molar-refractivity contribution < 1.29 is 9.32 Å². The number of benzene rings is 1. The van der Waals surface area contributed by atoms with E-state index in [1.54, 1.807) is 12.4 Å². The van der Waals surface area contributed by atoms with Crippen molar-refractivity contribution in [1.82, 2.24) is 15.1 Å². The average Bonchev–Trinajstić information content (AvgIpc) is 3.22. The molecule has 2 aromatic heterocycles. The van der Waals surface area contributed by atoms with Crippen LogP contribution in [-0.4, -0.2) is 34.1 Å². The number of carbonyl (C=O) groups excluding carboxylic acids is 1. The molecule has 1 N–H and O–H groups in total. The van der Waals surface area contributed by atoms with Gasteiger partial charge in [0, 0.05) is 36.7 Å². The van der Waals surface area contributed by atoms with Crippen LogP contribution in [0.2, 0.25) is 0 Å². The fraction of sp³-hybridized carbons (Fsp3) is 0.263. The second kappa shape index (κ2) is 7.35. The number of piperidine rings is 1. The van der Waals surface area contributed by atoms with Crippen molar-refractivity contribution in [2.24, 2.45) is 5.92 Å².